The smallest absolute Gasteiger partial charge is 0.157 e. The van der Waals surface area contributed by atoms with E-state index in [1.54, 1.807) is 10.9 Å². The van der Waals surface area contributed by atoms with Gasteiger partial charge >= 0.3 is 0 Å². The maximum absolute atomic E-state index is 15.4. The number of hydrogen-bond acceptors (Lipinski definition) is 4. The number of nitriles is 1. The van der Waals surface area contributed by atoms with Gasteiger partial charge in [0.1, 0.15) is 12.2 Å². The van der Waals surface area contributed by atoms with Crippen molar-refractivity contribution >= 4 is 5.78 Å². The lowest BCUT2D eigenvalue weighted by Crippen LogP contribution is -2.54. The van der Waals surface area contributed by atoms with E-state index in [0.29, 0.717) is 42.1 Å². The fourth-order valence-corrected chi connectivity index (χ4v) is 8.31. The van der Waals surface area contributed by atoms with E-state index in [1.165, 1.54) is 6.20 Å². The van der Waals surface area contributed by atoms with Gasteiger partial charge in [0.05, 0.1) is 23.9 Å². The van der Waals surface area contributed by atoms with E-state index in [2.05, 4.69) is 18.1 Å². The van der Waals surface area contributed by atoms with Crippen LogP contribution < -0.4 is 0 Å². The topological polar surface area (TPSA) is 78.9 Å². The van der Waals surface area contributed by atoms with Crippen molar-refractivity contribution in [1.82, 2.24) is 9.78 Å². The van der Waals surface area contributed by atoms with Gasteiger partial charge in [-0.2, -0.15) is 10.4 Å². The van der Waals surface area contributed by atoms with Crippen LogP contribution in [0.3, 0.4) is 0 Å². The van der Waals surface area contributed by atoms with Gasteiger partial charge in [0.15, 0.2) is 5.78 Å². The number of halogens is 1. The summed E-state index contributed by atoms with van der Waals surface area (Å²) in [5.41, 5.74) is -0.304. The molecule has 4 aliphatic rings. The zero-order chi connectivity index (χ0) is 22.0. The van der Waals surface area contributed by atoms with Gasteiger partial charge in [0, 0.05) is 12.1 Å². The van der Waals surface area contributed by atoms with E-state index in [4.69, 9.17) is 5.26 Å². The zero-order valence-electron chi connectivity index (χ0n) is 18.6. The minimum atomic E-state index is -0.830. The fraction of sp³-hybridized carbons (Fsp3) is 0.800. The number of carbonyl (C=O) groups excluding carboxylic acids is 1. The van der Waals surface area contributed by atoms with Crippen LogP contribution >= 0.6 is 0 Å². The maximum atomic E-state index is 15.4. The summed E-state index contributed by atoms with van der Waals surface area (Å²) in [6, 6.07) is 2.06. The molecule has 5 nitrogen and oxygen atoms in total. The van der Waals surface area contributed by atoms with Crippen LogP contribution in [-0.2, 0) is 11.3 Å². The van der Waals surface area contributed by atoms with Crippen molar-refractivity contribution in [3.05, 3.63) is 18.0 Å². The summed E-state index contributed by atoms with van der Waals surface area (Å²) in [7, 11) is 0. The predicted molar refractivity (Wildman–Crippen MR) is 113 cm³/mol. The normalized spacial score (nSPS) is 46.5. The van der Waals surface area contributed by atoms with Crippen molar-refractivity contribution in [3.8, 4) is 6.07 Å². The van der Waals surface area contributed by atoms with Crippen LogP contribution in [0.4, 0.5) is 4.39 Å². The van der Waals surface area contributed by atoms with E-state index < -0.39 is 11.8 Å². The van der Waals surface area contributed by atoms with Gasteiger partial charge in [0.2, 0.25) is 0 Å². The summed E-state index contributed by atoms with van der Waals surface area (Å²) < 4.78 is 17.0. The molecule has 0 aliphatic heterocycles. The number of carbonyl (C=O) groups is 1. The second-order valence-electron chi connectivity index (χ2n) is 11.4. The minimum absolute atomic E-state index is 0.00216. The molecule has 0 aromatic carbocycles. The van der Waals surface area contributed by atoms with Crippen molar-refractivity contribution in [2.45, 2.75) is 83.5 Å². The first-order valence-electron chi connectivity index (χ1n) is 12.0. The van der Waals surface area contributed by atoms with Crippen LogP contribution in [0, 0.1) is 52.3 Å². The van der Waals surface area contributed by atoms with Crippen LogP contribution in [0.1, 0.15) is 70.8 Å². The number of aliphatic hydroxyl groups is 1. The van der Waals surface area contributed by atoms with Gasteiger partial charge in [-0.05, 0) is 93.3 Å². The monoisotopic (exact) mass is 427 g/mol. The summed E-state index contributed by atoms with van der Waals surface area (Å²) in [4.78, 5) is 13.3. The molecule has 0 radical (unpaired) electrons. The SMILES string of the molecule is C[C@@]1(O)CC[C@@H]2[C@H]3CC[C@]4(C)[C@@H](C(=O)Cn5cc(C#N)cn5)CC[C@H]4[C@@H]3C[C@@H](F)[C@@H]2C1. The molecule has 31 heavy (non-hydrogen) atoms. The quantitative estimate of drug-likeness (QED) is 0.780. The van der Waals surface area contributed by atoms with Crippen LogP contribution in [0.25, 0.3) is 0 Å². The third kappa shape index (κ3) is 3.44. The largest absolute Gasteiger partial charge is 0.390 e. The van der Waals surface area contributed by atoms with Gasteiger partial charge in [0.25, 0.3) is 0 Å². The summed E-state index contributed by atoms with van der Waals surface area (Å²) >= 11 is 0. The average molecular weight is 428 g/mol. The van der Waals surface area contributed by atoms with E-state index in [9.17, 15) is 9.90 Å². The molecule has 5 rings (SSSR count). The average Bonchev–Trinajstić information content (AvgIpc) is 3.31. The number of ketones is 1. The Balaban J connectivity index is 1.33. The minimum Gasteiger partial charge on any atom is -0.390 e. The first-order valence-corrected chi connectivity index (χ1v) is 12.0. The van der Waals surface area contributed by atoms with Crippen molar-refractivity contribution < 1.29 is 14.3 Å². The number of alkyl halides is 1. The Labute approximate surface area is 184 Å². The van der Waals surface area contributed by atoms with Gasteiger partial charge in [-0.3, -0.25) is 9.48 Å². The summed E-state index contributed by atoms with van der Waals surface area (Å²) in [5.74, 6) is 1.92. The second-order valence-corrected chi connectivity index (χ2v) is 11.4. The maximum Gasteiger partial charge on any atom is 0.157 e. The van der Waals surface area contributed by atoms with Crippen molar-refractivity contribution in [3.63, 3.8) is 0 Å². The third-order valence-electron chi connectivity index (χ3n) is 9.71. The Bertz CT molecular complexity index is 905. The number of Topliss-reactive ketones (excluding diaryl/α,β-unsaturated/α-hetero) is 1. The molecule has 0 unspecified atom stereocenters. The summed E-state index contributed by atoms with van der Waals surface area (Å²) in [6.07, 6.45) is 9.24. The van der Waals surface area contributed by atoms with Crippen LogP contribution in [0.5, 0.6) is 0 Å². The molecule has 1 aromatic heterocycles. The molecule has 0 amide bonds. The van der Waals surface area contributed by atoms with E-state index in [0.717, 1.165) is 38.5 Å². The molecule has 9 atom stereocenters. The number of aromatic nitrogens is 2. The van der Waals surface area contributed by atoms with Crippen LogP contribution in [0.15, 0.2) is 12.4 Å². The van der Waals surface area contributed by atoms with Crippen LogP contribution in [0.2, 0.25) is 0 Å². The Morgan fingerprint density at radius 3 is 2.71 bits per heavy atom. The van der Waals surface area contributed by atoms with Gasteiger partial charge in [-0.15, -0.1) is 0 Å². The first kappa shape index (κ1) is 21.1. The Morgan fingerprint density at radius 2 is 1.97 bits per heavy atom. The number of nitrogens with zero attached hydrogens (tertiary/aromatic N) is 3. The van der Waals surface area contributed by atoms with Crippen molar-refractivity contribution in [1.29, 1.82) is 5.26 Å². The van der Waals surface area contributed by atoms with Crippen molar-refractivity contribution in [2.24, 2.45) is 40.9 Å². The number of fused-ring (bicyclic) bond motifs is 5. The molecule has 4 aliphatic carbocycles. The predicted octanol–water partition coefficient (Wildman–Crippen LogP) is 4.29. The van der Waals surface area contributed by atoms with E-state index in [1.807, 2.05) is 6.92 Å². The second kappa shape index (κ2) is 7.40. The Hall–Kier alpha value is -1.74. The molecule has 0 bridgehead atoms. The molecule has 1 heterocycles. The third-order valence-corrected chi connectivity index (χ3v) is 9.71. The standard InChI is InChI=1S/C25H34FN3O2/c1-24(31)7-5-17-16-6-8-25(2)20(18(16)9-22(26)19(17)10-24)3-4-21(25)23(30)14-29-13-15(11-27)12-28-29/h12-13,16-22,31H,3-10,14H2,1-2H3/t16-,17-,18-,19-,20+,21-,22-,24-,25+/m1/s1. The molecule has 1 aromatic rings. The number of rotatable bonds is 3. The highest BCUT2D eigenvalue weighted by Crippen LogP contribution is 2.65. The lowest BCUT2D eigenvalue weighted by atomic mass is 9.48. The molecular formula is C25H34FN3O2. The highest BCUT2D eigenvalue weighted by atomic mass is 19.1. The summed E-state index contributed by atoms with van der Waals surface area (Å²) in [6.45, 7) is 4.36. The number of hydrogen-bond donors (Lipinski definition) is 1. The molecule has 1 N–H and O–H groups in total. The Kier molecular flexibility index (Phi) is 5.04. The molecule has 0 saturated heterocycles. The Morgan fingerprint density at radius 1 is 1.23 bits per heavy atom. The highest BCUT2D eigenvalue weighted by molar-refractivity contribution is 5.82. The zero-order valence-corrected chi connectivity index (χ0v) is 18.6. The first-order chi connectivity index (χ1) is 14.7. The molecule has 6 heteroatoms. The van der Waals surface area contributed by atoms with E-state index >= 15 is 4.39 Å². The van der Waals surface area contributed by atoms with Gasteiger partial charge in [-0.25, -0.2) is 4.39 Å². The lowest BCUT2D eigenvalue weighted by molar-refractivity contribution is -0.139. The fourth-order valence-electron chi connectivity index (χ4n) is 8.31. The molecule has 4 saturated carbocycles. The van der Waals surface area contributed by atoms with Crippen molar-refractivity contribution in [2.75, 3.05) is 0 Å². The molecular weight excluding hydrogens is 393 g/mol. The van der Waals surface area contributed by atoms with E-state index in [-0.39, 0.29) is 29.6 Å². The molecule has 4 fully saturated rings. The lowest BCUT2D eigenvalue weighted by Gasteiger charge is -2.57. The molecule has 168 valence electrons. The highest BCUT2D eigenvalue weighted by Gasteiger charge is 2.60. The van der Waals surface area contributed by atoms with Gasteiger partial charge < -0.3 is 5.11 Å². The summed E-state index contributed by atoms with van der Waals surface area (Å²) in [5, 5.41) is 23.7. The van der Waals surface area contributed by atoms with Gasteiger partial charge in [-0.1, -0.05) is 6.92 Å². The molecule has 0 spiro atoms. The van der Waals surface area contributed by atoms with Crippen LogP contribution in [-0.4, -0.2) is 32.4 Å².